The zero-order valence-corrected chi connectivity index (χ0v) is 35.2. The number of nitrogens with zero attached hydrogens (tertiary/aromatic N) is 2. The van der Waals surface area contributed by atoms with Crippen molar-refractivity contribution in [3.05, 3.63) is 71.8 Å². The number of rotatable bonds is 21. The first-order valence-electron chi connectivity index (χ1n) is 20.6. The highest BCUT2D eigenvalue weighted by Crippen LogP contribution is 2.48. The zero-order valence-electron chi connectivity index (χ0n) is 34.3. The molecule has 7 N–H and O–H groups in total. The van der Waals surface area contributed by atoms with Crippen LogP contribution in [0.5, 0.6) is 0 Å². The molecule has 0 aliphatic carbocycles. The van der Waals surface area contributed by atoms with E-state index in [1.54, 1.807) is 30.3 Å². The number of ether oxygens (including phenoxy) is 1. The summed E-state index contributed by atoms with van der Waals surface area (Å²) in [6.45, 7) is 6.06. The van der Waals surface area contributed by atoms with Crippen LogP contribution < -0.4 is 21.7 Å². The summed E-state index contributed by atoms with van der Waals surface area (Å²) in [4.78, 5) is 94.3. The molecule has 0 aromatic heterocycles. The van der Waals surface area contributed by atoms with Crippen LogP contribution in [0.4, 0.5) is 4.79 Å². The minimum atomic E-state index is -4.41. The fraction of sp³-hybridized carbons (Fsp3) is 0.571. The molecule has 0 radical (unpaired) electrons. The summed E-state index contributed by atoms with van der Waals surface area (Å²) >= 11 is 0. The second kappa shape index (κ2) is 22.5. The molecule has 2 fully saturated rings. The van der Waals surface area contributed by atoms with Gasteiger partial charge in [-0.2, -0.15) is 0 Å². The van der Waals surface area contributed by atoms with E-state index in [2.05, 4.69) is 16.0 Å². The third kappa shape index (κ3) is 13.9. The van der Waals surface area contributed by atoms with Gasteiger partial charge in [0.25, 0.3) is 0 Å². The van der Waals surface area contributed by atoms with Crippen LogP contribution in [0.3, 0.4) is 0 Å². The van der Waals surface area contributed by atoms with E-state index >= 15 is 0 Å². The number of nitrogens with two attached hydrogens (primary N) is 1. The predicted molar refractivity (Wildman–Crippen MR) is 221 cm³/mol. The molecular formula is C42H61N6O10P. The third-order valence-corrected chi connectivity index (χ3v) is 13.1. The second-order valence-corrected chi connectivity index (χ2v) is 18.5. The van der Waals surface area contributed by atoms with E-state index in [0.29, 0.717) is 57.2 Å². The quantitative estimate of drug-likeness (QED) is 0.0785. The highest BCUT2D eigenvalue weighted by Gasteiger charge is 2.42. The average molecular weight is 841 g/mol. The Balaban J connectivity index is 1.48. The molecule has 2 aliphatic rings. The molecule has 16 nitrogen and oxygen atoms in total. The van der Waals surface area contributed by atoms with Crippen LogP contribution in [0.25, 0.3) is 0 Å². The standard InChI is InChI=1S/C42H61N6O10P/c1-28(2)24-33(41(53)54)45-38(50)34-19-12-22-47(34)40(52)29(3)27-59(56,57)36(25-30-14-6-4-7-15-30)46-37(49)32(18-10-11-21-43)44-39(51)35-20-13-23-48(35)42(55)58-26-31-16-8-5-9-17-31/h4-9,14-17,28-29,32-36H,10-13,18-27,43H2,1-3H3,(H,44,51)(H,45,50)(H,46,49)(H,53,54)(H,56,57). The van der Waals surface area contributed by atoms with Gasteiger partial charge in [-0.05, 0) is 75.0 Å². The molecule has 0 bridgehead atoms. The number of aliphatic carboxylic acids is 1. The van der Waals surface area contributed by atoms with Gasteiger partial charge in [0.2, 0.25) is 31.0 Å². The first kappa shape index (κ1) is 46.9. The third-order valence-electron chi connectivity index (χ3n) is 10.8. The normalized spacial score (nSPS) is 19.6. The highest BCUT2D eigenvalue weighted by atomic mass is 31.2. The molecule has 0 spiro atoms. The smallest absolute Gasteiger partial charge is 0.410 e. The lowest BCUT2D eigenvalue weighted by Gasteiger charge is -2.31. The summed E-state index contributed by atoms with van der Waals surface area (Å²) in [5, 5.41) is 17.8. The van der Waals surface area contributed by atoms with E-state index < -0.39 is 85.1 Å². The molecule has 5 amide bonds. The highest BCUT2D eigenvalue weighted by molar-refractivity contribution is 7.58. The molecule has 2 heterocycles. The Morgan fingerprint density at radius 2 is 1.37 bits per heavy atom. The number of carboxylic acids is 1. The molecule has 2 saturated heterocycles. The molecule has 7 atom stereocenters. The molecule has 0 saturated carbocycles. The van der Waals surface area contributed by atoms with Crippen LogP contribution in [0, 0.1) is 11.8 Å². The minimum absolute atomic E-state index is 0.00274. The van der Waals surface area contributed by atoms with Crippen LogP contribution >= 0.6 is 7.37 Å². The second-order valence-electron chi connectivity index (χ2n) is 16.0. The van der Waals surface area contributed by atoms with Crippen LogP contribution in [-0.4, -0.2) is 111 Å². The van der Waals surface area contributed by atoms with Crippen molar-refractivity contribution in [2.75, 3.05) is 25.8 Å². The van der Waals surface area contributed by atoms with Crippen LogP contribution in [0.15, 0.2) is 60.7 Å². The lowest BCUT2D eigenvalue weighted by molar-refractivity contribution is -0.145. The summed E-state index contributed by atoms with van der Waals surface area (Å²) < 4.78 is 19.9. The average Bonchev–Trinajstić information content (AvgIpc) is 3.91. The number of likely N-dealkylation sites (tertiary alicyclic amines) is 2. The Bertz CT molecular complexity index is 1780. The SMILES string of the molecule is CC(C)CC(NC(=O)C1CCCN1C(=O)C(C)CP(=O)(O)C(Cc1ccccc1)NC(=O)C(CCCCN)NC(=O)C1CCCN1C(=O)OCc1ccccc1)C(=O)O. The largest absolute Gasteiger partial charge is 0.480 e. The molecule has 4 rings (SSSR count). The van der Waals surface area contributed by atoms with Gasteiger partial charge < -0.3 is 41.3 Å². The maximum absolute atomic E-state index is 14.4. The summed E-state index contributed by atoms with van der Waals surface area (Å²) in [7, 11) is -4.41. The Hall–Kier alpha value is -4.79. The van der Waals surface area contributed by atoms with Crippen molar-refractivity contribution >= 4 is 43.1 Å². The first-order valence-corrected chi connectivity index (χ1v) is 22.5. The van der Waals surface area contributed by atoms with Gasteiger partial charge in [-0.1, -0.05) is 81.4 Å². The summed E-state index contributed by atoms with van der Waals surface area (Å²) in [5.74, 6) is -5.97. The number of hydrogen-bond donors (Lipinski definition) is 6. The van der Waals surface area contributed by atoms with Crippen molar-refractivity contribution in [2.24, 2.45) is 17.6 Å². The summed E-state index contributed by atoms with van der Waals surface area (Å²) in [5.41, 5.74) is 7.18. The van der Waals surface area contributed by atoms with Gasteiger partial charge in [0.05, 0.1) is 0 Å². The number of unbranched alkanes of at least 4 members (excludes halogenated alkanes) is 1. The van der Waals surface area contributed by atoms with Crippen molar-refractivity contribution in [2.45, 2.75) is 115 Å². The molecule has 7 unspecified atom stereocenters. The number of carbonyl (C=O) groups is 6. The van der Waals surface area contributed by atoms with E-state index in [9.17, 15) is 43.3 Å². The van der Waals surface area contributed by atoms with E-state index in [-0.39, 0.29) is 38.3 Å². The topological polar surface area (TPSA) is 238 Å². The van der Waals surface area contributed by atoms with Crippen LogP contribution in [0.2, 0.25) is 0 Å². The molecule has 2 aliphatic heterocycles. The lowest BCUT2D eigenvalue weighted by atomic mass is 10.0. The van der Waals surface area contributed by atoms with Crippen molar-refractivity contribution in [1.82, 2.24) is 25.8 Å². The fourth-order valence-electron chi connectivity index (χ4n) is 7.63. The number of carboxylic acid groups (broad SMARTS) is 1. The first-order chi connectivity index (χ1) is 28.1. The van der Waals surface area contributed by atoms with Crippen molar-refractivity contribution in [3.8, 4) is 0 Å². The Kier molecular flexibility index (Phi) is 17.9. The number of nitrogens with one attached hydrogen (secondary N) is 3. The van der Waals surface area contributed by atoms with Crippen LogP contribution in [-0.2, 0) is 46.3 Å². The van der Waals surface area contributed by atoms with Crippen molar-refractivity contribution < 1.29 is 48.1 Å². The van der Waals surface area contributed by atoms with E-state index in [0.717, 1.165) is 5.56 Å². The van der Waals surface area contributed by atoms with Gasteiger partial charge in [0.1, 0.15) is 36.6 Å². The Labute approximate surface area is 346 Å². The minimum Gasteiger partial charge on any atom is -0.480 e. The number of carbonyl (C=O) groups excluding carboxylic acids is 5. The number of hydrogen-bond acceptors (Lipinski definition) is 9. The van der Waals surface area contributed by atoms with Crippen molar-refractivity contribution in [3.63, 3.8) is 0 Å². The number of amides is 5. The maximum atomic E-state index is 14.4. The van der Waals surface area contributed by atoms with Gasteiger partial charge >= 0.3 is 12.1 Å². The van der Waals surface area contributed by atoms with Crippen molar-refractivity contribution in [1.29, 1.82) is 0 Å². The van der Waals surface area contributed by atoms with E-state index in [1.807, 2.05) is 44.2 Å². The predicted octanol–water partition coefficient (Wildman–Crippen LogP) is 3.60. The van der Waals surface area contributed by atoms with Crippen LogP contribution in [0.1, 0.15) is 83.3 Å². The summed E-state index contributed by atoms with van der Waals surface area (Å²) in [6.07, 6.45) is 1.87. The molecule has 2 aromatic rings. The summed E-state index contributed by atoms with van der Waals surface area (Å²) in [6, 6.07) is 13.8. The fourth-order valence-corrected chi connectivity index (χ4v) is 9.65. The zero-order chi connectivity index (χ0) is 43.1. The van der Waals surface area contributed by atoms with E-state index in [4.69, 9.17) is 10.5 Å². The molecule has 324 valence electrons. The lowest BCUT2D eigenvalue weighted by Crippen LogP contribution is -2.54. The van der Waals surface area contributed by atoms with Gasteiger partial charge in [-0.25, -0.2) is 9.59 Å². The Morgan fingerprint density at radius 3 is 1.95 bits per heavy atom. The number of benzene rings is 2. The van der Waals surface area contributed by atoms with Gasteiger partial charge in [-0.15, -0.1) is 0 Å². The maximum Gasteiger partial charge on any atom is 0.410 e. The molecule has 59 heavy (non-hydrogen) atoms. The van der Waals surface area contributed by atoms with Gasteiger partial charge in [0, 0.05) is 31.6 Å². The van der Waals surface area contributed by atoms with Gasteiger partial charge in [0.15, 0.2) is 0 Å². The Morgan fingerprint density at radius 1 is 0.814 bits per heavy atom. The molecular weight excluding hydrogens is 779 g/mol. The molecule has 2 aromatic carbocycles. The molecule has 17 heteroatoms. The van der Waals surface area contributed by atoms with E-state index in [1.165, 1.54) is 16.7 Å². The van der Waals surface area contributed by atoms with Gasteiger partial charge in [-0.3, -0.25) is 28.6 Å². The monoisotopic (exact) mass is 840 g/mol.